The van der Waals surface area contributed by atoms with Crippen molar-refractivity contribution in [3.05, 3.63) is 119 Å². The second-order valence-electron chi connectivity index (χ2n) is 8.09. The highest BCUT2D eigenvalue weighted by Gasteiger charge is 2.33. The summed E-state index contributed by atoms with van der Waals surface area (Å²) in [6.45, 7) is 2.40. The lowest BCUT2D eigenvalue weighted by Gasteiger charge is -2.31. The minimum Gasteiger partial charge on any atom is -0.451 e. The lowest BCUT2D eigenvalue weighted by Crippen LogP contribution is -2.44. The number of hydrogen-bond donors (Lipinski definition) is 1. The summed E-state index contributed by atoms with van der Waals surface area (Å²) in [5.41, 5.74) is 3.30. The zero-order chi connectivity index (χ0) is 24.6. The van der Waals surface area contributed by atoms with Crippen LogP contribution in [0.4, 0.5) is 4.39 Å². The molecule has 0 spiro atoms. The van der Waals surface area contributed by atoms with E-state index in [0.29, 0.717) is 12.0 Å². The number of hydrogen-bond acceptors (Lipinski definition) is 5. The van der Waals surface area contributed by atoms with Crippen LogP contribution in [0.5, 0.6) is 0 Å². The molecule has 4 rings (SSSR count). The normalized spacial score (nSPS) is 11.6. The SMILES string of the molecule is Cc1ccccc1CN(C(=O)c1cocn1)C(C(=O)NCCc1cccc(F)c1)c1cccnc1. The highest BCUT2D eigenvalue weighted by atomic mass is 19.1. The molecule has 35 heavy (non-hydrogen) atoms. The van der Waals surface area contributed by atoms with Crippen molar-refractivity contribution < 1.29 is 18.4 Å². The molecule has 0 aliphatic heterocycles. The van der Waals surface area contributed by atoms with Gasteiger partial charge < -0.3 is 14.6 Å². The number of amides is 2. The molecule has 2 heterocycles. The Balaban J connectivity index is 1.64. The van der Waals surface area contributed by atoms with Crippen molar-refractivity contribution in [2.24, 2.45) is 0 Å². The monoisotopic (exact) mass is 472 g/mol. The fraction of sp³-hybridized carbons (Fsp3) is 0.185. The second kappa shape index (κ2) is 11.2. The quantitative estimate of drug-likeness (QED) is 0.393. The van der Waals surface area contributed by atoms with Gasteiger partial charge in [0.25, 0.3) is 5.91 Å². The van der Waals surface area contributed by atoms with Gasteiger partial charge in [-0.1, -0.05) is 42.5 Å². The molecule has 1 N–H and O–H groups in total. The van der Waals surface area contributed by atoms with E-state index in [9.17, 15) is 14.0 Å². The first-order valence-corrected chi connectivity index (χ1v) is 11.2. The van der Waals surface area contributed by atoms with Gasteiger partial charge in [0.1, 0.15) is 18.1 Å². The Kier molecular flexibility index (Phi) is 7.62. The van der Waals surface area contributed by atoms with Crippen LogP contribution < -0.4 is 5.32 Å². The summed E-state index contributed by atoms with van der Waals surface area (Å²) in [5.74, 6) is -1.15. The Bertz CT molecular complexity index is 1280. The van der Waals surface area contributed by atoms with Gasteiger partial charge in [-0.05, 0) is 48.2 Å². The Morgan fingerprint density at radius 2 is 1.97 bits per heavy atom. The van der Waals surface area contributed by atoms with Crippen molar-refractivity contribution in [1.29, 1.82) is 0 Å². The maximum atomic E-state index is 13.5. The molecule has 2 aromatic carbocycles. The van der Waals surface area contributed by atoms with Gasteiger partial charge in [-0.25, -0.2) is 9.37 Å². The van der Waals surface area contributed by atoms with Crippen molar-refractivity contribution in [2.75, 3.05) is 6.54 Å². The Labute approximate surface area is 202 Å². The minimum absolute atomic E-state index is 0.0973. The van der Waals surface area contributed by atoms with E-state index in [2.05, 4.69) is 15.3 Å². The molecule has 0 saturated carbocycles. The van der Waals surface area contributed by atoms with Gasteiger partial charge in [-0.3, -0.25) is 14.6 Å². The molecule has 2 amide bonds. The predicted molar refractivity (Wildman–Crippen MR) is 128 cm³/mol. The average molecular weight is 473 g/mol. The third-order valence-corrected chi connectivity index (χ3v) is 5.68. The molecule has 1 unspecified atom stereocenters. The largest absolute Gasteiger partial charge is 0.451 e. The van der Waals surface area contributed by atoms with Gasteiger partial charge in [-0.2, -0.15) is 0 Å². The van der Waals surface area contributed by atoms with Gasteiger partial charge >= 0.3 is 0 Å². The van der Waals surface area contributed by atoms with Crippen LogP contribution in [-0.4, -0.2) is 33.2 Å². The number of benzene rings is 2. The van der Waals surface area contributed by atoms with Crippen LogP contribution in [0.1, 0.15) is 38.8 Å². The van der Waals surface area contributed by atoms with Crippen molar-refractivity contribution in [2.45, 2.75) is 25.9 Å². The molecule has 0 saturated heterocycles. The summed E-state index contributed by atoms with van der Waals surface area (Å²) in [6.07, 6.45) is 6.05. The molecule has 0 radical (unpaired) electrons. The Hall–Kier alpha value is -4.33. The molecule has 4 aromatic rings. The average Bonchev–Trinajstić information content (AvgIpc) is 3.40. The topological polar surface area (TPSA) is 88.3 Å². The van der Waals surface area contributed by atoms with E-state index in [-0.39, 0.29) is 30.5 Å². The number of halogens is 1. The molecular formula is C27H25FN4O3. The first kappa shape index (κ1) is 23.8. The first-order valence-electron chi connectivity index (χ1n) is 11.2. The number of carbonyl (C=O) groups excluding carboxylic acids is 2. The number of rotatable bonds is 9. The van der Waals surface area contributed by atoms with Crippen LogP contribution >= 0.6 is 0 Å². The lowest BCUT2D eigenvalue weighted by atomic mass is 10.0. The first-order chi connectivity index (χ1) is 17.0. The summed E-state index contributed by atoms with van der Waals surface area (Å²) >= 11 is 0. The fourth-order valence-electron chi connectivity index (χ4n) is 3.85. The number of nitrogens with zero attached hydrogens (tertiary/aromatic N) is 3. The van der Waals surface area contributed by atoms with E-state index >= 15 is 0 Å². The van der Waals surface area contributed by atoms with Crippen LogP contribution in [0.15, 0.2) is 90.1 Å². The maximum Gasteiger partial charge on any atom is 0.277 e. The fourth-order valence-corrected chi connectivity index (χ4v) is 3.85. The number of aryl methyl sites for hydroxylation is 1. The number of nitrogens with one attached hydrogen (secondary N) is 1. The van der Waals surface area contributed by atoms with Crippen LogP contribution in [-0.2, 0) is 17.8 Å². The van der Waals surface area contributed by atoms with Crippen LogP contribution in [0.2, 0.25) is 0 Å². The van der Waals surface area contributed by atoms with E-state index in [1.807, 2.05) is 31.2 Å². The predicted octanol–water partition coefficient (Wildman–Crippen LogP) is 4.26. The molecular weight excluding hydrogens is 447 g/mol. The van der Waals surface area contributed by atoms with Gasteiger partial charge in [0, 0.05) is 31.0 Å². The zero-order valence-electron chi connectivity index (χ0n) is 19.2. The number of oxazole rings is 1. The molecule has 0 fully saturated rings. The van der Waals surface area contributed by atoms with Crippen LogP contribution in [0.25, 0.3) is 0 Å². The van der Waals surface area contributed by atoms with E-state index in [1.54, 1.807) is 36.7 Å². The molecule has 0 aliphatic rings. The third-order valence-electron chi connectivity index (χ3n) is 5.68. The smallest absolute Gasteiger partial charge is 0.277 e. The third kappa shape index (κ3) is 5.97. The summed E-state index contributed by atoms with van der Waals surface area (Å²) < 4.78 is 18.5. The maximum absolute atomic E-state index is 13.5. The Morgan fingerprint density at radius 3 is 2.69 bits per heavy atom. The van der Waals surface area contributed by atoms with Crippen molar-refractivity contribution in [3.63, 3.8) is 0 Å². The molecule has 1 atom stereocenters. The molecule has 0 aliphatic carbocycles. The standard InChI is InChI=1S/C27H25FN4O3/c1-19-6-2-3-8-22(19)16-32(27(34)24-17-35-18-31-24)25(21-9-5-12-29-15-21)26(33)30-13-11-20-7-4-10-23(28)14-20/h2-10,12,14-15,17-18,25H,11,13,16H2,1H3,(H,30,33). The molecule has 0 bridgehead atoms. The van der Waals surface area contributed by atoms with Gasteiger partial charge in [0.15, 0.2) is 12.1 Å². The molecule has 7 nitrogen and oxygen atoms in total. The van der Waals surface area contributed by atoms with Crippen molar-refractivity contribution in [1.82, 2.24) is 20.2 Å². The van der Waals surface area contributed by atoms with Gasteiger partial charge in [0.05, 0.1) is 0 Å². The number of pyridine rings is 1. The summed E-state index contributed by atoms with van der Waals surface area (Å²) in [4.78, 5) is 36.7. The van der Waals surface area contributed by atoms with Crippen molar-refractivity contribution in [3.8, 4) is 0 Å². The Morgan fingerprint density at radius 1 is 1.11 bits per heavy atom. The van der Waals surface area contributed by atoms with Crippen LogP contribution in [0.3, 0.4) is 0 Å². The minimum atomic E-state index is -0.972. The molecule has 8 heteroatoms. The number of carbonyl (C=O) groups is 2. The van der Waals surface area contributed by atoms with E-state index in [0.717, 1.165) is 16.7 Å². The summed E-state index contributed by atoms with van der Waals surface area (Å²) in [6, 6.07) is 16.4. The second-order valence-corrected chi connectivity index (χ2v) is 8.09. The van der Waals surface area contributed by atoms with Gasteiger partial charge in [-0.15, -0.1) is 0 Å². The van der Waals surface area contributed by atoms with Crippen LogP contribution in [0, 0.1) is 12.7 Å². The summed E-state index contributed by atoms with van der Waals surface area (Å²) in [7, 11) is 0. The summed E-state index contributed by atoms with van der Waals surface area (Å²) in [5, 5.41) is 2.90. The highest BCUT2D eigenvalue weighted by molar-refractivity contribution is 5.96. The van der Waals surface area contributed by atoms with E-state index < -0.39 is 11.9 Å². The zero-order valence-corrected chi connectivity index (χ0v) is 19.2. The van der Waals surface area contributed by atoms with Crippen molar-refractivity contribution >= 4 is 11.8 Å². The number of aromatic nitrogens is 2. The molecule has 178 valence electrons. The highest BCUT2D eigenvalue weighted by Crippen LogP contribution is 2.26. The van der Waals surface area contributed by atoms with E-state index in [4.69, 9.17) is 4.42 Å². The van der Waals surface area contributed by atoms with E-state index in [1.165, 1.54) is 29.7 Å². The molecule has 2 aromatic heterocycles. The van der Waals surface area contributed by atoms with Gasteiger partial charge in [0.2, 0.25) is 5.91 Å². The lowest BCUT2D eigenvalue weighted by molar-refractivity contribution is -0.126.